The molecule has 16 heavy (non-hydrogen) atoms. The number of nitrogen functional groups attached to an aromatic ring is 2. The first-order valence-corrected chi connectivity index (χ1v) is 4.69. The van der Waals surface area contributed by atoms with Crippen molar-refractivity contribution in [1.29, 1.82) is 0 Å². The molecule has 0 radical (unpaired) electrons. The van der Waals surface area contributed by atoms with Gasteiger partial charge < -0.3 is 11.5 Å². The minimum atomic E-state index is -1.10. The first-order valence-electron chi connectivity index (χ1n) is 4.69. The van der Waals surface area contributed by atoms with Gasteiger partial charge in [0.2, 0.25) is 0 Å². The summed E-state index contributed by atoms with van der Waals surface area (Å²) in [6.45, 7) is 0. The zero-order valence-electron chi connectivity index (χ0n) is 8.37. The molecule has 0 heterocycles. The minimum absolute atomic E-state index is 0.0396. The van der Waals surface area contributed by atoms with Crippen LogP contribution in [0.5, 0.6) is 0 Å². The largest absolute Gasteiger partial charge is 0.397 e. The van der Waals surface area contributed by atoms with E-state index < -0.39 is 11.6 Å². The highest BCUT2D eigenvalue weighted by Gasteiger charge is 2.15. The number of benzene rings is 2. The molecular formula is C12H10F2N2. The Morgan fingerprint density at radius 1 is 0.875 bits per heavy atom. The number of hydrogen-bond acceptors (Lipinski definition) is 2. The summed E-state index contributed by atoms with van der Waals surface area (Å²) in [7, 11) is 0. The fourth-order valence-corrected chi connectivity index (χ4v) is 1.49. The van der Waals surface area contributed by atoms with Gasteiger partial charge in [-0.05, 0) is 11.6 Å². The van der Waals surface area contributed by atoms with Crippen LogP contribution in [0.15, 0.2) is 36.4 Å². The maximum atomic E-state index is 13.6. The van der Waals surface area contributed by atoms with Crippen molar-refractivity contribution in [2.75, 3.05) is 11.5 Å². The van der Waals surface area contributed by atoms with Crippen LogP contribution in [0, 0.1) is 11.6 Å². The van der Waals surface area contributed by atoms with E-state index >= 15 is 0 Å². The van der Waals surface area contributed by atoms with Crippen molar-refractivity contribution in [3.8, 4) is 11.1 Å². The highest BCUT2D eigenvalue weighted by Crippen LogP contribution is 2.31. The molecule has 82 valence electrons. The van der Waals surface area contributed by atoms with E-state index in [-0.39, 0.29) is 16.9 Å². The third kappa shape index (κ3) is 1.58. The van der Waals surface area contributed by atoms with Crippen molar-refractivity contribution in [2.45, 2.75) is 0 Å². The molecule has 4 heteroatoms. The van der Waals surface area contributed by atoms with Crippen molar-refractivity contribution in [3.05, 3.63) is 48.0 Å². The van der Waals surface area contributed by atoms with E-state index in [1.165, 1.54) is 6.07 Å². The molecule has 2 aromatic rings. The average Bonchev–Trinajstić information content (AvgIpc) is 2.32. The van der Waals surface area contributed by atoms with Crippen LogP contribution in [0.25, 0.3) is 11.1 Å². The molecule has 0 bridgehead atoms. The van der Waals surface area contributed by atoms with E-state index in [4.69, 9.17) is 11.5 Å². The third-order valence-corrected chi connectivity index (χ3v) is 2.36. The topological polar surface area (TPSA) is 52.0 Å². The second-order valence-corrected chi connectivity index (χ2v) is 3.42. The summed E-state index contributed by atoms with van der Waals surface area (Å²) < 4.78 is 27.0. The summed E-state index contributed by atoms with van der Waals surface area (Å²) in [4.78, 5) is 0. The predicted octanol–water partition coefficient (Wildman–Crippen LogP) is 2.80. The van der Waals surface area contributed by atoms with Gasteiger partial charge in [0.1, 0.15) is 0 Å². The van der Waals surface area contributed by atoms with Crippen LogP contribution in [0.3, 0.4) is 0 Å². The molecule has 0 spiro atoms. The quantitative estimate of drug-likeness (QED) is 0.726. The Morgan fingerprint density at radius 2 is 1.50 bits per heavy atom. The normalized spacial score (nSPS) is 10.4. The van der Waals surface area contributed by atoms with E-state index in [1.807, 2.05) is 0 Å². The molecule has 0 aliphatic heterocycles. The van der Waals surface area contributed by atoms with Crippen molar-refractivity contribution in [1.82, 2.24) is 0 Å². The SMILES string of the molecule is Nc1cc(-c2ccccc2)c(F)c(F)c1N. The standard InChI is InChI=1S/C12H10F2N2/c13-10-8(7-4-2-1-3-5-7)6-9(15)12(16)11(10)14/h1-6H,15-16H2. The Bertz CT molecular complexity index is 524. The molecule has 0 saturated carbocycles. The lowest BCUT2D eigenvalue weighted by Crippen LogP contribution is -2.02. The van der Waals surface area contributed by atoms with Gasteiger partial charge in [-0.15, -0.1) is 0 Å². The molecule has 0 atom stereocenters. The van der Waals surface area contributed by atoms with Gasteiger partial charge in [0, 0.05) is 5.56 Å². The lowest BCUT2D eigenvalue weighted by Gasteiger charge is -2.08. The highest BCUT2D eigenvalue weighted by molar-refractivity contribution is 5.75. The molecule has 0 unspecified atom stereocenters. The second-order valence-electron chi connectivity index (χ2n) is 3.42. The van der Waals surface area contributed by atoms with Crippen LogP contribution in [0.1, 0.15) is 0 Å². The van der Waals surface area contributed by atoms with Crippen LogP contribution >= 0.6 is 0 Å². The third-order valence-electron chi connectivity index (χ3n) is 2.36. The summed E-state index contributed by atoms with van der Waals surface area (Å²) in [5.74, 6) is -2.07. The van der Waals surface area contributed by atoms with Crippen LogP contribution in [-0.4, -0.2) is 0 Å². The van der Waals surface area contributed by atoms with Crippen LogP contribution < -0.4 is 11.5 Å². The Balaban J connectivity index is 2.68. The average molecular weight is 220 g/mol. The van der Waals surface area contributed by atoms with Gasteiger partial charge >= 0.3 is 0 Å². The second kappa shape index (κ2) is 3.81. The number of rotatable bonds is 1. The lowest BCUT2D eigenvalue weighted by atomic mass is 10.0. The monoisotopic (exact) mass is 220 g/mol. The Labute approximate surface area is 91.5 Å². The Morgan fingerprint density at radius 3 is 2.12 bits per heavy atom. The highest BCUT2D eigenvalue weighted by atomic mass is 19.2. The molecular weight excluding hydrogens is 210 g/mol. The van der Waals surface area contributed by atoms with Gasteiger partial charge in [0.15, 0.2) is 11.6 Å². The fraction of sp³-hybridized carbons (Fsp3) is 0. The van der Waals surface area contributed by atoms with Crippen LogP contribution in [-0.2, 0) is 0 Å². The first kappa shape index (κ1) is 10.4. The minimum Gasteiger partial charge on any atom is -0.397 e. The first-order chi connectivity index (χ1) is 7.61. The van der Waals surface area contributed by atoms with Gasteiger partial charge in [-0.2, -0.15) is 0 Å². The molecule has 0 amide bonds. The van der Waals surface area contributed by atoms with Crippen LogP contribution in [0.2, 0.25) is 0 Å². The number of anilines is 2. The fourth-order valence-electron chi connectivity index (χ4n) is 1.49. The van der Waals surface area contributed by atoms with E-state index in [1.54, 1.807) is 30.3 Å². The molecule has 0 saturated heterocycles. The molecule has 0 fully saturated rings. The smallest absolute Gasteiger partial charge is 0.184 e. The van der Waals surface area contributed by atoms with Gasteiger partial charge in [-0.25, -0.2) is 8.78 Å². The molecule has 2 nitrogen and oxygen atoms in total. The van der Waals surface area contributed by atoms with Gasteiger partial charge in [-0.3, -0.25) is 0 Å². The molecule has 0 aliphatic rings. The van der Waals surface area contributed by atoms with Gasteiger partial charge in [0.05, 0.1) is 11.4 Å². The molecule has 4 N–H and O–H groups in total. The summed E-state index contributed by atoms with van der Waals surface area (Å²) in [6.07, 6.45) is 0. The van der Waals surface area contributed by atoms with Crippen molar-refractivity contribution < 1.29 is 8.78 Å². The van der Waals surface area contributed by atoms with E-state index in [9.17, 15) is 8.78 Å². The maximum absolute atomic E-state index is 13.6. The maximum Gasteiger partial charge on any atom is 0.184 e. The van der Waals surface area contributed by atoms with E-state index in [0.717, 1.165) is 0 Å². The lowest BCUT2D eigenvalue weighted by molar-refractivity contribution is 0.515. The summed E-state index contributed by atoms with van der Waals surface area (Å²) in [5.41, 5.74) is 11.2. The van der Waals surface area contributed by atoms with E-state index in [0.29, 0.717) is 5.56 Å². The zero-order valence-corrected chi connectivity index (χ0v) is 8.37. The Hall–Kier alpha value is -2.10. The zero-order chi connectivity index (χ0) is 11.7. The summed E-state index contributed by atoms with van der Waals surface area (Å²) in [6, 6.07) is 9.95. The molecule has 2 aromatic carbocycles. The predicted molar refractivity (Wildman–Crippen MR) is 60.6 cm³/mol. The van der Waals surface area contributed by atoms with Crippen molar-refractivity contribution in [3.63, 3.8) is 0 Å². The molecule has 0 aliphatic carbocycles. The number of hydrogen-bond donors (Lipinski definition) is 2. The van der Waals surface area contributed by atoms with Crippen LogP contribution in [0.4, 0.5) is 20.2 Å². The van der Waals surface area contributed by atoms with E-state index in [2.05, 4.69) is 0 Å². The summed E-state index contributed by atoms with van der Waals surface area (Å²) in [5, 5.41) is 0. The summed E-state index contributed by atoms with van der Waals surface area (Å²) >= 11 is 0. The number of nitrogens with two attached hydrogens (primary N) is 2. The van der Waals surface area contributed by atoms with Gasteiger partial charge in [-0.1, -0.05) is 30.3 Å². The molecule has 2 rings (SSSR count). The molecule has 0 aromatic heterocycles. The van der Waals surface area contributed by atoms with Crippen molar-refractivity contribution in [2.24, 2.45) is 0 Å². The van der Waals surface area contributed by atoms with Gasteiger partial charge in [0.25, 0.3) is 0 Å². The Kier molecular flexibility index (Phi) is 2.48. The van der Waals surface area contributed by atoms with Crippen molar-refractivity contribution >= 4 is 11.4 Å². The number of halogens is 2.